The number of hydrogen-bond donors (Lipinski definition) is 3. The average Bonchev–Trinajstić information content (AvgIpc) is 2.41. The molecule has 1 aromatic rings. The number of aromatic nitrogens is 2. The molecule has 0 aliphatic rings. The first-order chi connectivity index (χ1) is 9.19. The van der Waals surface area contributed by atoms with Crippen LogP contribution in [0.15, 0.2) is 10.8 Å². The quantitative estimate of drug-likeness (QED) is 0.612. The van der Waals surface area contributed by atoms with Crippen LogP contribution in [-0.2, 0) is 9.53 Å². The van der Waals surface area contributed by atoms with Crippen LogP contribution in [-0.4, -0.2) is 49.7 Å². The van der Waals surface area contributed by atoms with Crippen molar-refractivity contribution in [3.63, 3.8) is 0 Å². The molecule has 1 heterocycles. The molecule has 1 rings (SSSR count). The number of anilines is 2. The first-order valence-electron chi connectivity index (χ1n) is 5.86. The summed E-state index contributed by atoms with van der Waals surface area (Å²) in [5.41, 5.74) is 0. The van der Waals surface area contributed by atoms with E-state index in [4.69, 9.17) is 4.74 Å². The SMILES string of the molecule is CNc1ncnc(NCCC(=O)NCCOC)c1Br. The lowest BCUT2D eigenvalue weighted by Crippen LogP contribution is -2.28. The van der Waals surface area contributed by atoms with Crippen LogP contribution in [0.5, 0.6) is 0 Å². The standard InChI is InChI=1S/C11H18BrN5O2/c1-13-10-9(12)11(17-7-16-10)15-4-3-8(18)14-5-6-19-2/h7H,3-6H2,1-2H3,(H,14,18)(H2,13,15,16,17). The number of methoxy groups -OCH3 is 1. The third-order valence-corrected chi connectivity index (χ3v) is 3.05. The van der Waals surface area contributed by atoms with Gasteiger partial charge in [0.2, 0.25) is 5.91 Å². The Morgan fingerprint density at radius 3 is 2.79 bits per heavy atom. The summed E-state index contributed by atoms with van der Waals surface area (Å²) >= 11 is 3.39. The molecule has 0 radical (unpaired) electrons. The number of amides is 1. The average molecular weight is 332 g/mol. The van der Waals surface area contributed by atoms with Gasteiger partial charge in [0.1, 0.15) is 22.4 Å². The molecule has 0 spiro atoms. The molecule has 0 aliphatic carbocycles. The molecule has 1 amide bonds. The Bertz CT molecular complexity index is 416. The lowest BCUT2D eigenvalue weighted by atomic mass is 10.4. The van der Waals surface area contributed by atoms with Crippen LogP contribution in [0.4, 0.5) is 11.6 Å². The van der Waals surface area contributed by atoms with E-state index < -0.39 is 0 Å². The summed E-state index contributed by atoms with van der Waals surface area (Å²) in [6, 6.07) is 0. The summed E-state index contributed by atoms with van der Waals surface area (Å²) in [4.78, 5) is 19.6. The number of carbonyl (C=O) groups excluding carboxylic acids is 1. The van der Waals surface area contributed by atoms with Crippen molar-refractivity contribution in [1.29, 1.82) is 0 Å². The van der Waals surface area contributed by atoms with Gasteiger partial charge in [-0.15, -0.1) is 0 Å². The highest BCUT2D eigenvalue weighted by atomic mass is 79.9. The highest BCUT2D eigenvalue weighted by molar-refractivity contribution is 9.10. The fourth-order valence-corrected chi connectivity index (χ4v) is 1.89. The summed E-state index contributed by atoms with van der Waals surface area (Å²) in [5, 5.41) is 8.76. The van der Waals surface area contributed by atoms with Crippen molar-refractivity contribution < 1.29 is 9.53 Å². The van der Waals surface area contributed by atoms with Crippen molar-refractivity contribution in [3.8, 4) is 0 Å². The van der Waals surface area contributed by atoms with Crippen molar-refractivity contribution in [2.24, 2.45) is 0 Å². The minimum absolute atomic E-state index is 0.0245. The molecule has 3 N–H and O–H groups in total. The van der Waals surface area contributed by atoms with Gasteiger partial charge in [-0.3, -0.25) is 4.79 Å². The molecule has 0 saturated carbocycles. The molecule has 1 aromatic heterocycles. The largest absolute Gasteiger partial charge is 0.383 e. The molecule has 0 atom stereocenters. The number of nitrogens with zero attached hydrogens (tertiary/aromatic N) is 2. The summed E-state index contributed by atoms with van der Waals surface area (Å²) in [5.74, 6) is 1.33. The number of carbonyl (C=O) groups is 1. The topological polar surface area (TPSA) is 88.2 Å². The molecule has 0 saturated heterocycles. The molecule has 7 nitrogen and oxygen atoms in total. The maximum absolute atomic E-state index is 11.5. The van der Waals surface area contributed by atoms with Gasteiger partial charge in [-0.2, -0.15) is 0 Å². The van der Waals surface area contributed by atoms with Crippen LogP contribution in [0.1, 0.15) is 6.42 Å². The zero-order valence-corrected chi connectivity index (χ0v) is 12.6. The third kappa shape index (κ3) is 5.39. The van der Waals surface area contributed by atoms with Crippen molar-refractivity contribution >= 4 is 33.5 Å². The zero-order valence-electron chi connectivity index (χ0n) is 11.0. The number of hydrogen-bond acceptors (Lipinski definition) is 6. The van der Waals surface area contributed by atoms with Crippen molar-refractivity contribution in [2.75, 3.05) is 44.5 Å². The Morgan fingerprint density at radius 1 is 1.37 bits per heavy atom. The van der Waals surface area contributed by atoms with Crippen molar-refractivity contribution in [2.45, 2.75) is 6.42 Å². The van der Waals surface area contributed by atoms with Crippen LogP contribution >= 0.6 is 15.9 Å². The first-order valence-corrected chi connectivity index (χ1v) is 6.66. The third-order valence-electron chi connectivity index (χ3n) is 2.30. The second kappa shape index (κ2) is 8.65. The van der Waals surface area contributed by atoms with E-state index in [1.165, 1.54) is 6.33 Å². The molecular weight excluding hydrogens is 314 g/mol. The van der Waals surface area contributed by atoms with Gasteiger partial charge in [-0.1, -0.05) is 0 Å². The number of rotatable bonds is 8. The highest BCUT2D eigenvalue weighted by Crippen LogP contribution is 2.25. The maximum atomic E-state index is 11.5. The van der Waals surface area contributed by atoms with Crippen molar-refractivity contribution in [1.82, 2.24) is 15.3 Å². The Kier molecular flexibility index (Phi) is 7.12. The van der Waals surface area contributed by atoms with Gasteiger partial charge < -0.3 is 20.7 Å². The van der Waals surface area contributed by atoms with E-state index in [-0.39, 0.29) is 5.91 Å². The summed E-state index contributed by atoms with van der Waals surface area (Å²) in [6.45, 7) is 1.54. The van der Waals surface area contributed by atoms with Gasteiger partial charge in [0.25, 0.3) is 0 Å². The zero-order chi connectivity index (χ0) is 14.1. The lowest BCUT2D eigenvalue weighted by Gasteiger charge is -2.10. The van der Waals surface area contributed by atoms with Gasteiger partial charge in [-0.25, -0.2) is 9.97 Å². The monoisotopic (exact) mass is 331 g/mol. The number of halogens is 1. The van der Waals surface area contributed by atoms with E-state index in [1.807, 2.05) is 0 Å². The fourth-order valence-electron chi connectivity index (χ4n) is 1.34. The summed E-state index contributed by atoms with van der Waals surface area (Å²) in [7, 11) is 3.37. The van der Waals surface area contributed by atoms with Crippen LogP contribution in [0.2, 0.25) is 0 Å². The molecular formula is C11H18BrN5O2. The summed E-state index contributed by atoms with van der Waals surface area (Å²) in [6.07, 6.45) is 1.83. The first kappa shape index (κ1) is 15.6. The Morgan fingerprint density at radius 2 is 2.11 bits per heavy atom. The van der Waals surface area contributed by atoms with E-state index in [1.54, 1.807) is 14.2 Å². The van der Waals surface area contributed by atoms with Crippen LogP contribution in [0, 0.1) is 0 Å². The Hall–Kier alpha value is -1.41. The predicted octanol–water partition coefficient (Wildman–Crippen LogP) is 0.845. The lowest BCUT2D eigenvalue weighted by molar-refractivity contribution is -0.121. The minimum Gasteiger partial charge on any atom is -0.383 e. The molecule has 19 heavy (non-hydrogen) atoms. The smallest absolute Gasteiger partial charge is 0.221 e. The molecule has 0 unspecified atom stereocenters. The van der Waals surface area contributed by atoms with Gasteiger partial charge in [0.05, 0.1) is 6.61 Å². The van der Waals surface area contributed by atoms with Gasteiger partial charge in [0.15, 0.2) is 0 Å². The van der Waals surface area contributed by atoms with Gasteiger partial charge in [0, 0.05) is 33.7 Å². The van der Waals surface area contributed by atoms with E-state index in [9.17, 15) is 4.79 Å². The van der Waals surface area contributed by atoms with Crippen LogP contribution < -0.4 is 16.0 Å². The fraction of sp³-hybridized carbons (Fsp3) is 0.545. The van der Waals surface area contributed by atoms with Crippen molar-refractivity contribution in [3.05, 3.63) is 10.8 Å². The highest BCUT2D eigenvalue weighted by Gasteiger charge is 2.07. The van der Waals surface area contributed by atoms with E-state index >= 15 is 0 Å². The maximum Gasteiger partial charge on any atom is 0.221 e. The molecule has 0 bridgehead atoms. The molecule has 8 heteroatoms. The number of nitrogens with one attached hydrogen (secondary N) is 3. The normalized spacial score (nSPS) is 10.1. The van der Waals surface area contributed by atoms with E-state index in [0.717, 1.165) is 4.47 Å². The second-order valence-corrected chi connectivity index (χ2v) is 4.45. The predicted molar refractivity (Wildman–Crippen MR) is 77.3 cm³/mol. The Labute approximate surface area is 120 Å². The molecule has 106 valence electrons. The van der Waals surface area contributed by atoms with Gasteiger partial charge in [-0.05, 0) is 15.9 Å². The van der Waals surface area contributed by atoms with Crippen LogP contribution in [0.25, 0.3) is 0 Å². The van der Waals surface area contributed by atoms with Crippen LogP contribution in [0.3, 0.4) is 0 Å². The second-order valence-electron chi connectivity index (χ2n) is 3.65. The molecule has 0 aliphatic heterocycles. The van der Waals surface area contributed by atoms with E-state index in [0.29, 0.717) is 37.8 Å². The minimum atomic E-state index is -0.0245. The Balaban J connectivity index is 2.35. The molecule has 0 aromatic carbocycles. The summed E-state index contributed by atoms with van der Waals surface area (Å²) < 4.78 is 5.59. The number of ether oxygens (including phenoxy) is 1. The van der Waals surface area contributed by atoms with E-state index in [2.05, 4.69) is 41.8 Å². The van der Waals surface area contributed by atoms with Gasteiger partial charge >= 0.3 is 0 Å². The molecule has 0 fully saturated rings.